The molecule has 0 aliphatic carbocycles. The molecule has 35 nitrogen and oxygen atoms in total. The molecule has 3 aromatic carbocycles. The monoisotopic (exact) mass is 1660 g/mol. The Bertz CT molecular complexity index is 4760. The van der Waals surface area contributed by atoms with Gasteiger partial charge in [0.25, 0.3) is 16.7 Å². The molecule has 3 fully saturated rings. The summed E-state index contributed by atoms with van der Waals surface area (Å²) in [5.41, 5.74) is 0.962. The number of hydrogen-bond donors (Lipinski definition) is 7. The largest absolute Gasteiger partial charge is 0.456 e. The number of aryl methyl sites for hydroxylation is 3. The summed E-state index contributed by atoms with van der Waals surface area (Å²) in [6, 6.07) is 26.4. The van der Waals surface area contributed by atoms with Crippen LogP contribution in [0.1, 0.15) is 90.1 Å². The third kappa shape index (κ3) is 20.3. The van der Waals surface area contributed by atoms with E-state index < -0.39 is 138 Å². The van der Waals surface area contributed by atoms with E-state index in [2.05, 4.69) is 20.3 Å². The van der Waals surface area contributed by atoms with Crippen molar-refractivity contribution in [2.24, 2.45) is 21.1 Å². The first-order valence-electron chi connectivity index (χ1n) is 31.1. The average Bonchev–Trinajstić information content (AvgIpc) is 1.68. The van der Waals surface area contributed by atoms with E-state index in [1.807, 2.05) is 93.7 Å². The van der Waals surface area contributed by atoms with E-state index in [0.717, 1.165) is 69.8 Å². The zero-order valence-corrected chi connectivity index (χ0v) is 66.6. The van der Waals surface area contributed by atoms with Crippen LogP contribution >= 0.6 is 0 Å². The van der Waals surface area contributed by atoms with E-state index in [0.29, 0.717) is 24.2 Å². The van der Waals surface area contributed by atoms with Crippen LogP contribution in [0.25, 0.3) is 32.7 Å². The Kier molecular flexibility index (Phi) is 34.2. The number of esters is 4. The second-order valence-corrected chi connectivity index (χ2v) is 22.8. The van der Waals surface area contributed by atoms with Crippen LogP contribution in [-0.2, 0) is 191 Å². The predicted molar refractivity (Wildman–Crippen MR) is 354 cm³/mol. The van der Waals surface area contributed by atoms with Gasteiger partial charge in [-0.05, 0) is 31.0 Å². The molecule has 38 heteroatoms. The smallest absolute Gasteiger partial charge is 0.333 e. The van der Waals surface area contributed by atoms with Gasteiger partial charge in [0.1, 0.15) is 30.5 Å². The van der Waals surface area contributed by atoms with Crippen LogP contribution in [0.5, 0.6) is 0 Å². The molecule has 0 amide bonds. The molecule has 0 spiro atoms. The van der Waals surface area contributed by atoms with E-state index in [9.17, 15) is 63.3 Å². The fraction of sp³-hybridized carbons (Fsp3) is 0.431. The Morgan fingerprint density at radius 2 is 0.816 bits per heavy atom. The number of fused-ring (bicyclic) bond motifs is 3. The van der Waals surface area contributed by atoms with Gasteiger partial charge in [0.05, 0.1) is 59.9 Å². The number of aromatic amines is 1. The summed E-state index contributed by atoms with van der Waals surface area (Å²) < 4.78 is 48.9. The van der Waals surface area contributed by atoms with Gasteiger partial charge in [-0.2, -0.15) is 15.3 Å². The van der Waals surface area contributed by atoms with Crippen molar-refractivity contribution in [1.29, 1.82) is 0 Å². The van der Waals surface area contributed by atoms with Gasteiger partial charge in [-0.25, -0.2) is 14.4 Å². The van der Waals surface area contributed by atoms with Gasteiger partial charge in [0, 0.05) is 207 Å². The molecule has 12 atom stereocenters. The van der Waals surface area contributed by atoms with Crippen LogP contribution in [-0.4, -0.2) is 175 Å². The van der Waals surface area contributed by atoms with Gasteiger partial charge in [-0.15, -0.1) is 0 Å². The summed E-state index contributed by atoms with van der Waals surface area (Å²) in [7, 11) is 6.44. The van der Waals surface area contributed by atoms with E-state index in [1.165, 1.54) is 63.0 Å². The van der Waals surface area contributed by atoms with Crippen molar-refractivity contribution in [3.8, 4) is 0 Å². The predicted octanol–water partition coefficient (Wildman–Crippen LogP) is 0.208. The second kappa shape index (κ2) is 39.9. The molecule has 3 saturated heterocycles. The second-order valence-electron chi connectivity index (χ2n) is 22.8. The van der Waals surface area contributed by atoms with Gasteiger partial charge in [0.15, 0.2) is 43.1 Å². The number of aliphatic hydroxyl groups is 5. The van der Waals surface area contributed by atoms with Crippen LogP contribution in [0.3, 0.4) is 0 Å². The summed E-state index contributed by atoms with van der Waals surface area (Å²) in [5.74, 6) is -2.34. The maximum absolute atomic E-state index is 13.4. The molecule has 0 bridgehead atoms. The van der Waals surface area contributed by atoms with E-state index >= 15 is 0 Å². The number of carbonyl (C=O) groups excluding carboxylic acids is 4. The van der Waals surface area contributed by atoms with E-state index in [4.69, 9.17) is 43.4 Å². The maximum atomic E-state index is 13.4. The van der Waals surface area contributed by atoms with Crippen LogP contribution < -0.4 is 39.9 Å². The Morgan fingerprint density at radius 1 is 0.476 bits per heavy atom. The van der Waals surface area contributed by atoms with Crippen molar-refractivity contribution in [1.82, 2.24) is 63.3 Å². The van der Waals surface area contributed by atoms with Gasteiger partial charge in [0.2, 0.25) is 0 Å². The van der Waals surface area contributed by atoms with Crippen molar-refractivity contribution in [2.75, 3.05) is 13.7 Å². The summed E-state index contributed by atoms with van der Waals surface area (Å²) >= 11 is 0. The molecule has 3 radical (unpaired) electrons. The number of benzene rings is 3. The minimum Gasteiger partial charge on any atom is -0.456 e. The number of H-pyrrole nitrogens is 1. The molecule has 9 aromatic rings. The van der Waals surface area contributed by atoms with Gasteiger partial charge in [-0.3, -0.25) is 75.4 Å². The third-order valence-electron chi connectivity index (χ3n) is 16.2. The maximum Gasteiger partial charge on any atom is 0.333 e. The van der Waals surface area contributed by atoms with Crippen LogP contribution in [0, 0.1) is 0 Å². The van der Waals surface area contributed by atoms with Crippen molar-refractivity contribution in [3.63, 3.8) is 0 Å². The SMILES string of the molecule is CC[C@H]1O[C@@H](n2ccc(=O)[nH]c2=O)[C@@H](OC(C)=O)C1OC(C)=O.CC[C@H]1O[C@@H](n2ccc(=O)n(Cc3nn(C)c4ccccc34)c2=O)[C@@H](OC(C)=O)C1OC(C)=O.CO.Cn1nc(CO)c2ccccc21.Cn1nc(Cn2c(=O)ccn([C@@H]3O[C@H](CO)C(O)[C@@H]3O)c2=O)c2ccccc21.N.[Y].[Y].[Y]. The first-order chi connectivity index (χ1) is 47.3. The average molecular weight is 1660 g/mol. The molecule has 9 heterocycles. The number of aliphatic hydroxyl groups excluding tert-OH is 5. The van der Waals surface area contributed by atoms with E-state index in [-0.39, 0.29) is 124 Å². The molecule has 9 N–H and O–H groups in total. The summed E-state index contributed by atoms with van der Waals surface area (Å²) in [5, 5.41) is 61.0. The Hall–Kier alpha value is -7.06. The standard InChI is InChI=1S/C23H26N4O7.C18H20N4O6.C14H18N2O7.C9H10N2O.CH4O.H3N.3Y/c1-5-18-20(32-13(2)28)21(33-14(3)29)22(34-18)26-11-10-19(30)27(23(26)31)12-16-15-8-6-7-9-17(15)25(4)24-16;1-20-12-5-3-2-4-10(12)11(19-20)8-22-14(24)6-7-21(18(22)27)17-16(26)15(25)13(9-23)28-17;1-4-9-11(21-7(2)17)12(22-8(3)18)13(23-9)16-6-5-10(19)15-14(16)20;1-11-9-5-3-2-4-7(9)8(6-12)10-11;1-2;;;;/h6-11,18,20-22H,5,12H2,1-4H3;2-7,13,15-17,23,25-26H,8-9H2,1H3;5-6,9,11-13H,4H2,1-3H3,(H,15,19,20);2-5,12H,6H2,1H3;2H,1H3;1H3;;;/t18-,20?,21+,22-;13-,15?,16+,17-;9-,11?,12+,13-;;;;;;/m111....../s1. The Balaban J connectivity index is 0.000000297. The van der Waals surface area contributed by atoms with Crippen LogP contribution in [0.2, 0.25) is 0 Å². The normalized spacial score (nSPS) is 21.3. The molecule has 3 aliphatic heterocycles. The van der Waals surface area contributed by atoms with Gasteiger partial charge < -0.3 is 64.8 Å². The van der Waals surface area contributed by atoms with Crippen molar-refractivity contribution >= 4 is 56.6 Å². The summed E-state index contributed by atoms with van der Waals surface area (Å²) in [6.45, 7) is 7.90. The minimum absolute atomic E-state index is 0. The number of hydrogen-bond acceptors (Lipinski definition) is 26. The first-order valence-corrected chi connectivity index (χ1v) is 31.1. The Labute approximate surface area is 661 Å². The fourth-order valence-corrected chi connectivity index (χ4v) is 11.8. The third-order valence-corrected chi connectivity index (χ3v) is 16.2. The van der Waals surface area contributed by atoms with Crippen molar-refractivity contribution in [3.05, 3.63) is 189 Å². The number of carbonyl (C=O) groups is 4. The zero-order valence-electron chi connectivity index (χ0n) is 58.1. The molecular weight excluding hydrogens is 1580 g/mol. The number of ether oxygens (including phenoxy) is 7. The van der Waals surface area contributed by atoms with Gasteiger partial charge >= 0.3 is 40.9 Å². The molecule has 6 aromatic heterocycles. The molecule has 0 saturated carbocycles. The number of nitrogens with zero attached hydrogens (tertiary/aromatic N) is 11. The molecule has 103 heavy (non-hydrogen) atoms. The summed E-state index contributed by atoms with van der Waals surface area (Å²) in [4.78, 5) is 123. The molecular formula is C65H81N13O22Y3. The van der Waals surface area contributed by atoms with Crippen molar-refractivity contribution in [2.45, 2.75) is 148 Å². The number of nitrogens with one attached hydrogen (secondary N) is 1. The molecule has 547 valence electrons. The quantitative estimate of drug-likeness (QED) is 0.0533. The summed E-state index contributed by atoms with van der Waals surface area (Å²) in [6.07, 6.45) is -7.38. The minimum atomic E-state index is -1.42. The topological polar surface area (TPSA) is 465 Å². The zero-order chi connectivity index (χ0) is 72.3. The van der Waals surface area contributed by atoms with Gasteiger partial charge in [-0.1, -0.05) is 68.4 Å². The number of rotatable bonds is 15. The van der Waals surface area contributed by atoms with Crippen molar-refractivity contribution < 1.29 is 176 Å². The van der Waals surface area contributed by atoms with E-state index in [1.54, 1.807) is 28.1 Å². The first kappa shape index (κ1) is 88.3. The fourth-order valence-electron chi connectivity index (χ4n) is 11.8. The number of aromatic nitrogens is 12. The number of para-hydroxylation sites is 3. The van der Waals surface area contributed by atoms with Crippen LogP contribution in [0.4, 0.5) is 0 Å². The Morgan fingerprint density at radius 3 is 1.17 bits per heavy atom. The van der Waals surface area contributed by atoms with Crippen LogP contribution in [0.15, 0.2) is 138 Å². The molecule has 3 aliphatic rings. The molecule has 3 unspecified atom stereocenters. The molecule has 12 rings (SSSR count).